The summed E-state index contributed by atoms with van der Waals surface area (Å²) in [6.45, 7) is 10.7. The predicted octanol–water partition coefficient (Wildman–Crippen LogP) is 3.49. The molecule has 3 aliphatic rings. The van der Waals surface area contributed by atoms with Gasteiger partial charge in [-0.2, -0.15) is 0 Å². The molecule has 2 fully saturated rings. The lowest BCUT2D eigenvalue weighted by Crippen LogP contribution is -2.56. The van der Waals surface area contributed by atoms with Gasteiger partial charge in [-0.3, -0.25) is 4.79 Å². The van der Waals surface area contributed by atoms with Crippen molar-refractivity contribution in [3.63, 3.8) is 0 Å². The van der Waals surface area contributed by atoms with E-state index in [1.54, 1.807) is 26.8 Å². The lowest BCUT2D eigenvalue weighted by atomic mass is 9.54. The van der Waals surface area contributed by atoms with Crippen molar-refractivity contribution >= 4 is 17.9 Å². The van der Waals surface area contributed by atoms with E-state index in [0.717, 1.165) is 12.0 Å². The Morgan fingerprint density at radius 2 is 1.96 bits per heavy atom. The Hall–Kier alpha value is -2.11. The van der Waals surface area contributed by atoms with Gasteiger partial charge < -0.3 is 14.2 Å². The molecule has 0 spiro atoms. The highest BCUT2D eigenvalue weighted by Crippen LogP contribution is 2.58. The van der Waals surface area contributed by atoms with E-state index in [4.69, 9.17) is 14.2 Å². The van der Waals surface area contributed by atoms with Crippen LogP contribution >= 0.6 is 0 Å². The normalized spacial score (nSPS) is 40.0. The maximum Gasteiger partial charge on any atom is 0.351 e. The molecule has 1 aliphatic heterocycles. The monoisotopic (exact) mass is 390 g/mol. The molecule has 6 atom stereocenters. The highest BCUT2D eigenvalue weighted by atomic mass is 16.6. The van der Waals surface area contributed by atoms with E-state index in [1.165, 1.54) is 6.92 Å². The van der Waals surface area contributed by atoms with E-state index in [9.17, 15) is 14.4 Å². The Morgan fingerprint density at radius 3 is 2.57 bits per heavy atom. The molecule has 1 heterocycles. The largest absolute Gasteiger partial charge is 0.462 e. The summed E-state index contributed by atoms with van der Waals surface area (Å²) in [7, 11) is 0. The molecule has 2 aliphatic carbocycles. The van der Waals surface area contributed by atoms with Crippen molar-refractivity contribution in [1.82, 2.24) is 0 Å². The van der Waals surface area contributed by atoms with E-state index in [-0.39, 0.29) is 29.3 Å². The topological polar surface area (TPSA) is 78.9 Å². The molecule has 0 bridgehead atoms. The van der Waals surface area contributed by atoms with Crippen molar-refractivity contribution in [3.8, 4) is 0 Å². The van der Waals surface area contributed by atoms with Crippen LogP contribution in [0, 0.1) is 17.3 Å². The fourth-order valence-corrected chi connectivity index (χ4v) is 5.25. The number of esters is 3. The third-order valence-corrected chi connectivity index (χ3v) is 7.03. The van der Waals surface area contributed by atoms with Crippen LogP contribution in [0.15, 0.2) is 23.3 Å². The van der Waals surface area contributed by atoms with E-state index in [2.05, 4.69) is 13.0 Å². The zero-order valence-corrected chi connectivity index (χ0v) is 17.5. The van der Waals surface area contributed by atoms with Crippen LogP contribution < -0.4 is 0 Å². The smallest absolute Gasteiger partial charge is 0.351 e. The van der Waals surface area contributed by atoms with Crippen molar-refractivity contribution < 1.29 is 28.6 Å². The Labute approximate surface area is 166 Å². The average Bonchev–Trinajstić information content (AvgIpc) is 2.86. The molecule has 3 rings (SSSR count). The first-order chi connectivity index (χ1) is 13.0. The van der Waals surface area contributed by atoms with Gasteiger partial charge in [0.25, 0.3) is 0 Å². The van der Waals surface area contributed by atoms with Gasteiger partial charge in [0, 0.05) is 36.2 Å². The van der Waals surface area contributed by atoms with Crippen LogP contribution in [0.25, 0.3) is 0 Å². The van der Waals surface area contributed by atoms with Crippen molar-refractivity contribution in [3.05, 3.63) is 23.3 Å². The summed E-state index contributed by atoms with van der Waals surface area (Å²) in [6.07, 6.45) is 5.17. The molecule has 0 aromatic carbocycles. The SMILES string of the molecule is C/C=C(/C)C(=O)O[C@]1(C)C(=O)O[C@@H]2[C@H]1CC[C@]1(C)[C@H](OC(C)=O)CC=C(C)[C@@H]21. The standard InChI is InChI=1S/C22H30O6/c1-7-12(2)19(24)28-22(6)15-10-11-21(5)16(26-14(4)23)9-8-13(3)17(21)18(15)27-20(22)25/h7-8,15-18H,9-11H2,1-6H3/b12-7-/t15-,16-,17+,18-,21-,22+/m1/s1. The van der Waals surface area contributed by atoms with Gasteiger partial charge in [-0.25, -0.2) is 9.59 Å². The Kier molecular flexibility index (Phi) is 5.19. The molecular formula is C22H30O6. The number of allylic oxidation sites excluding steroid dienone is 1. The lowest BCUT2D eigenvalue weighted by molar-refractivity contribution is -0.170. The van der Waals surface area contributed by atoms with Gasteiger partial charge in [0.15, 0.2) is 0 Å². The Balaban J connectivity index is 1.93. The molecule has 1 saturated carbocycles. The number of rotatable bonds is 3. The second-order valence-corrected chi connectivity index (χ2v) is 8.75. The zero-order valence-electron chi connectivity index (χ0n) is 17.5. The molecule has 0 amide bonds. The van der Waals surface area contributed by atoms with Crippen molar-refractivity contribution in [1.29, 1.82) is 0 Å². The first kappa shape index (κ1) is 20.6. The molecule has 0 N–H and O–H groups in total. The number of fused-ring (bicyclic) bond motifs is 3. The van der Waals surface area contributed by atoms with Gasteiger partial charge >= 0.3 is 17.9 Å². The van der Waals surface area contributed by atoms with Crippen LogP contribution in [0.4, 0.5) is 0 Å². The molecule has 0 aromatic heterocycles. The third kappa shape index (κ3) is 3.07. The van der Waals surface area contributed by atoms with E-state index >= 15 is 0 Å². The van der Waals surface area contributed by atoms with Gasteiger partial charge in [0.05, 0.1) is 0 Å². The van der Waals surface area contributed by atoms with Crippen LogP contribution in [0.5, 0.6) is 0 Å². The van der Waals surface area contributed by atoms with Crippen LogP contribution in [-0.2, 0) is 28.6 Å². The number of hydrogen-bond acceptors (Lipinski definition) is 6. The fraction of sp³-hybridized carbons (Fsp3) is 0.682. The summed E-state index contributed by atoms with van der Waals surface area (Å²) in [5.74, 6) is -1.59. The summed E-state index contributed by atoms with van der Waals surface area (Å²) in [5, 5.41) is 0. The zero-order chi connectivity index (χ0) is 20.9. The summed E-state index contributed by atoms with van der Waals surface area (Å²) in [4.78, 5) is 36.8. The summed E-state index contributed by atoms with van der Waals surface area (Å²) >= 11 is 0. The maximum atomic E-state index is 12.8. The van der Waals surface area contributed by atoms with Crippen LogP contribution in [0.3, 0.4) is 0 Å². The number of hydrogen-bond donors (Lipinski definition) is 0. The van der Waals surface area contributed by atoms with E-state index < -0.39 is 23.6 Å². The number of ether oxygens (including phenoxy) is 3. The van der Waals surface area contributed by atoms with Gasteiger partial charge in [-0.15, -0.1) is 0 Å². The molecule has 28 heavy (non-hydrogen) atoms. The van der Waals surface area contributed by atoms with Crippen molar-refractivity contribution in [2.45, 2.75) is 78.6 Å². The Morgan fingerprint density at radius 1 is 1.29 bits per heavy atom. The average molecular weight is 390 g/mol. The number of carbonyl (C=O) groups is 3. The second-order valence-electron chi connectivity index (χ2n) is 8.75. The highest BCUT2D eigenvalue weighted by molar-refractivity contribution is 5.92. The summed E-state index contributed by atoms with van der Waals surface area (Å²) < 4.78 is 17.2. The minimum atomic E-state index is -1.30. The van der Waals surface area contributed by atoms with Crippen LogP contribution in [0.1, 0.15) is 60.8 Å². The molecule has 154 valence electrons. The number of carbonyl (C=O) groups excluding carboxylic acids is 3. The summed E-state index contributed by atoms with van der Waals surface area (Å²) in [6, 6.07) is 0. The maximum absolute atomic E-state index is 12.8. The van der Waals surface area contributed by atoms with Crippen LogP contribution in [0.2, 0.25) is 0 Å². The fourth-order valence-electron chi connectivity index (χ4n) is 5.25. The third-order valence-electron chi connectivity index (χ3n) is 7.03. The van der Waals surface area contributed by atoms with Gasteiger partial charge in [0.1, 0.15) is 12.2 Å². The van der Waals surface area contributed by atoms with Crippen molar-refractivity contribution in [2.75, 3.05) is 0 Å². The minimum Gasteiger partial charge on any atom is -0.462 e. The molecule has 0 unspecified atom stereocenters. The summed E-state index contributed by atoms with van der Waals surface area (Å²) in [5.41, 5.74) is -0.0296. The molecule has 0 aromatic rings. The second kappa shape index (κ2) is 7.05. The Bertz CT molecular complexity index is 765. The van der Waals surface area contributed by atoms with Crippen LogP contribution in [-0.4, -0.2) is 35.7 Å². The quantitative estimate of drug-likeness (QED) is 0.318. The molecule has 0 radical (unpaired) electrons. The first-order valence-electron chi connectivity index (χ1n) is 9.95. The molecule has 6 heteroatoms. The van der Waals surface area contributed by atoms with E-state index in [0.29, 0.717) is 18.4 Å². The predicted molar refractivity (Wildman–Crippen MR) is 102 cm³/mol. The molecule has 6 nitrogen and oxygen atoms in total. The minimum absolute atomic E-state index is 0.0726. The van der Waals surface area contributed by atoms with Crippen molar-refractivity contribution in [2.24, 2.45) is 17.3 Å². The molecule has 1 saturated heterocycles. The van der Waals surface area contributed by atoms with Gasteiger partial charge in [-0.1, -0.05) is 24.6 Å². The molecular weight excluding hydrogens is 360 g/mol. The van der Waals surface area contributed by atoms with Gasteiger partial charge in [0.2, 0.25) is 5.60 Å². The van der Waals surface area contributed by atoms with Gasteiger partial charge in [-0.05, 0) is 40.5 Å². The first-order valence-corrected chi connectivity index (χ1v) is 9.95. The highest BCUT2D eigenvalue weighted by Gasteiger charge is 2.65. The lowest BCUT2D eigenvalue weighted by Gasteiger charge is -2.52. The van der Waals surface area contributed by atoms with E-state index in [1.807, 2.05) is 6.92 Å².